The number of nitrogens with one attached hydrogen (secondary N) is 1. The van der Waals surface area contributed by atoms with Crippen molar-refractivity contribution in [2.45, 2.75) is 38.6 Å². The number of carbonyl (C=O) groups excluding carboxylic acids is 2. The Morgan fingerprint density at radius 1 is 1.07 bits per heavy atom. The molecule has 1 aliphatic heterocycles. The quantitative estimate of drug-likeness (QED) is 0.874. The Labute approximate surface area is 164 Å². The van der Waals surface area contributed by atoms with Crippen LogP contribution in [0, 0.1) is 5.82 Å². The van der Waals surface area contributed by atoms with Crippen molar-refractivity contribution in [3.8, 4) is 0 Å². The molecule has 2 amide bonds. The maximum absolute atomic E-state index is 13.7. The van der Waals surface area contributed by atoms with Crippen molar-refractivity contribution in [1.29, 1.82) is 0 Å². The number of anilines is 1. The molecule has 0 fully saturated rings. The number of hydrogen-bond donors (Lipinski definition) is 1. The first-order valence-corrected chi connectivity index (χ1v) is 9.73. The first kappa shape index (κ1) is 18.4. The maximum Gasteiger partial charge on any atom is 0.249 e. The molecule has 1 N–H and O–H groups in total. The topological polar surface area (TPSA) is 49.4 Å². The van der Waals surface area contributed by atoms with E-state index in [9.17, 15) is 14.0 Å². The highest BCUT2D eigenvalue weighted by molar-refractivity contribution is 5.94. The van der Waals surface area contributed by atoms with Crippen LogP contribution in [0.1, 0.15) is 36.0 Å². The summed E-state index contributed by atoms with van der Waals surface area (Å²) in [6.45, 7) is 1.28. The monoisotopic (exact) mass is 378 g/mol. The average Bonchev–Trinajstić information content (AvgIpc) is 3.23. The summed E-state index contributed by atoms with van der Waals surface area (Å²) in [4.78, 5) is 26.9. The number of rotatable bonds is 4. The number of fused-ring (bicyclic) bond motifs is 1. The molecular weight excluding hydrogens is 355 g/mol. The Morgan fingerprint density at radius 2 is 1.93 bits per heavy atom. The third-order valence-corrected chi connectivity index (χ3v) is 5.41. The minimum Gasteiger partial charge on any atom is -0.334 e. The van der Waals surface area contributed by atoms with E-state index in [1.807, 2.05) is 23.1 Å². The number of nitrogens with zero attached hydrogens (tertiary/aromatic N) is 1. The summed E-state index contributed by atoms with van der Waals surface area (Å²) >= 11 is 0. The normalized spacial score (nSPS) is 15.8. The van der Waals surface area contributed by atoms with Crippen LogP contribution < -0.4 is 5.32 Å². The zero-order chi connectivity index (χ0) is 19.5. The van der Waals surface area contributed by atoms with Crippen molar-refractivity contribution < 1.29 is 14.0 Å². The number of amides is 2. The van der Waals surface area contributed by atoms with Crippen molar-refractivity contribution in [2.24, 2.45) is 0 Å². The molecule has 0 bridgehead atoms. The van der Waals surface area contributed by atoms with Gasteiger partial charge in [0, 0.05) is 24.4 Å². The van der Waals surface area contributed by atoms with Gasteiger partial charge in [0.05, 0.1) is 6.42 Å². The highest BCUT2D eigenvalue weighted by atomic mass is 19.1. The van der Waals surface area contributed by atoms with Gasteiger partial charge in [0.25, 0.3) is 0 Å². The van der Waals surface area contributed by atoms with E-state index in [0.29, 0.717) is 17.8 Å². The summed E-state index contributed by atoms with van der Waals surface area (Å²) in [5.74, 6) is -0.500. The van der Waals surface area contributed by atoms with Crippen LogP contribution in [-0.4, -0.2) is 23.3 Å². The average molecular weight is 378 g/mol. The van der Waals surface area contributed by atoms with Gasteiger partial charge in [0.15, 0.2) is 0 Å². The summed E-state index contributed by atoms with van der Waals surface area (Å²) < 4.78 is 13.7. The molecule has 144 valence electrons. The molecule has 2 aromatic carbocycles. The minimum atomic E-state index is -0.376. The number of hydrogen-bond acceptors (Lipinski definition) is 2. The number of allylic oxidation sites excluding steroid dienone is 1. The molecule has 0 saturated carbocycles. The highest BCUT2D eigenvalue weighted by Crippen LogP contribution is 2.26. The first-order valence-electron chi connectivity index (χ1n) is 9.73. The Bertz CT molecular complexity index is 951. The Kier molecular flexibility index (Phi) is 5.24. The lowest BCUT2D eigenvalue weighted by Crippen LogP contribution is -2.36. The summed E-state index contributed by atoms with van der Waals surface area (Å²) in [6.07, 6.45) is 5.78. The van der Waals surface area contributed by atoms with Crippen molar-refractivity contribution in [3.05, 3.63) is 76.6 Å². The summed E-state index contributed by atoms with van der Waals surface area (Å²) in [7, 11) is 0. The van der Waals surface area contributed by atoms with E-state index in [-0.39, 0.29) is 24.1 Å². The molecule has 2 aliphatic rings. The molecule has 0 unspecified atom stereocenters. The van der Waals surface area contributed by atoms with Gasteiger partial charge in [-0.3, -0.25) is 9.59 Å². The van der Waals surface area contributed by atoms with Gasteiger partial charge in [0.2, 0.25) is 11.8 Å². The molecule has 0 saturated heterocycles. The Hall–Kier alpha value is -2.95. The molecule has 1 aliphatic carbocycles. The second kappa shape index (κ2) is 7.97. The molecule has 0 atom stereocenters. The second-order valence-electron chi connectivity index (χ2n) is 7.40. The van der Waals surface area contributed by atoms with E-state index in [0.717, 1.165) is 43.4 Å². The minimum absolute atomic E-state index is 0.0114. The third-order valence-electron chi connectivity index (χ3n) is 5.41. The van der Waals surface area contributed by atoms with E-state index < -0.39 is 0 Å². The summed E-state index contributed by atoms with van der Waals surface area (Å²) in [6, 6.07) is 12.1. The molecule has 28 heavy (non-hydrogen) atoms. The fourth-order valence-corrected chi connectivity index (χ4v) is 3.90. The Balaban J connectivity index is 1.43. The lowest BCUT2D eigenvalue weighted by Gasteiger charge is -2.29. The largest absolute Gasteiger partial charge is 0.334 e. The van der Waals surface area contributed by atoms with Crippen LogP contribution in [0.5, 0.6) is 0 Å². The molecule has 0 aromatic heterocycles. The number of carbonyl (C=O) groups is 2. The van der Waals surface area contributed by atoms with E-state index in [4.69, 9.17) is 0 Å². The summed E-state index contributed by atoms with van der Waals surface area (Å²) in [5.41, 5.74) is 4.24. The summed E-state index contributed by atoms with van der Waals surface area (Å²) in [5, 5.41) is 2.85. The molecule has 0 radical (unpaired) electrons. The molecule has 5 heteroatoms. The second-order valence-corrected chi connectivity index (χ2v) is 7.40. The van der Waals surface area contributed by atoms with Gasteiger partial charge in [-0.1, -0.05) is 30.3 Å². The molecule has 2 aromatic rings. The van der Waals surface area contributed by atoms with Gasteiger partial charge in [-0.05, 0) is 60.6 Å². The van der Waals surface area contributed by atoms with Crippen LogP contribution in [0.3, 0.4) is 0 Å². The van der Waals surface area contributed by atoms with Crippen LogP contribution in [-0.2, 0) is 29.0 Å². The zero-order valence-electron chi connectivity index (χ0n) is 15.7. The lowest BCUT2D eigenvalue weighted by atomic mass is 9.98. The molecule has 4 nitrogen and oxygen atoms in total. The third kappa shape index (κ3) is 3.98. The van der Waals surface area contributed by atoms with Crippen molar-refractivity contribution >= 4 is 17.5 Å². The SMILES string of the molecule is O=C(Cc1ccccc1F)Nc1ccc2c(c1)CN(C(=O)C1=CCCC1)CC2. The van der Waals surface area contributed by atoms with Gasteiger partial charge in [0.1, 0.15) is 5.82 Å². The van der Waals surface area contributed by atoms with Gasteiger partial charge in [-0.2, -0.15) is 0 Å². The molecular formula is C23H23FN2O2. The smallest absolute Gasteiger partial charge is 0.249 e. The van der Waals surface area contributed by atoms with Crippen LogP contribution in [0.25, 0.3) is 0 Å². The predicted molar refractivity (Wildman–Crippen MR) is 106 cm³/mol. The Morgan fingerprint density at radius 3 is 2.71 bits per heavy atom. The van der Waals surface area contributed by atoms with Gasteiger partial charge < -0.3 is 10.2 Å². The van der Waals surface area contributed by atoms with E-state index in [2.05, 4.69) is 11.4 Å². The fourth-order valence-electron chi connectivity index (χ4n) is 3.90. The molecule has 1 heterocycles. The van der Waals surface area contributed by atoms with E-state index in [1.54, 1.807) is 18.2 Å². The van der Waals surface area contributed by atoms with Crippen molar-refractivity contribution in [2.75, 3.05) is 11.9 Å². The van der Waals surface area contributed by atoms with Gasteiger partial charge >= 0.3 is 0 Å². The van der Waals surface area contributed by atoms with Gasteiger partial charge in [-0.15, -0.1) is 0 Å². The lowest BCUT2D eigenvalue weighted by molar-refractivity contribution is -0.128. The molecule has 0 spiro atoms. The van der Waals surface area contributed by atoms with Crippen molar-refractivity contribution in [3.63, 3.8) is 0 Å². The van der Waals surface area contributed by atoms with Gasteiger partial charge in [-0.25, -0.2) is 4.39 Å². The van der Waals surface area contributed by atoms with E-state index in [1.165, 1.54) is 11.6 Å². The van der Waals surface area contributed by atoms with Crippen molar-refractivity contribution in [1.82, 2.24) is 4.90 Å². The predicted octanol–water partition coefficient (Wildman–Crippen LogP) is 4.00. The van der Waals surface area contributed by atoms with E-state index >= 15 is 0 Å². The maximum atomic E-state index is 13.7. The standard InChI is InChI=1S/C23H23FN2O2/c24-21-8-4-3-7-18(21)14-22(27)25-20-10-9-16-11-12-26(15-19(16)13-20)23(28)17-5-1-2-6-17/h3-5,7-10,13H,1-2,6,11-12,14-15H2,(H,25,27). The fraction of sp³-hybridized carbons (Fsp3) is 0.304. The zero-order valence-corrected chi connectivity index (χ0v) is 15.7. The number of halogens is 1. The first-order chi connectivity index (χ1) is 13.6. The van der Waals surface area contributed by atoms with Crippen LogP contribution >= 0.6 is 0 Å². The van der Waals surface area contributed by atoms with Crippen LogP contribution in [0.2, 0.25) is 0 Å². The molecule has 4 rings (SSSR count). The van der Waals surface area contributed by atoms with Crippen LogP contribution in [0.4, 0.5) is 10.1 Å². The van der Waals surface area contributed by atoms with Crippen LogP contribution in [0.15, 0.2) is 54.1 Å². The highest BCUT2D eigenvalue weighted by Gasteiger charge is 2.24. The number of benzene rings is 2.